The number of halogens is 2. The topological polar surface area (TPSA) is 64.0 Å². The van der Waals surface area contributed by atoms with Gasteiger partial charge in [0.05, 0.1) is 11.4 Å². The minimum atomic E-state index is -0.770. The first kappa shape index (κ1) is 17.5. The lowest BCUT2D eigenvalue weighted by Crippen LogP contribution is -2.29. The van der Waals surface area contributed by atoms with Gasteiger partial charge < -0.3 is 5.32 Å². The molecular weight excluding hydrogens is 340 g/mol. The van der Waals surface area contributed by atoms with Crippen molar-refractivity contribution in [2.24, 2.45) is 0 Å². The first-order valence-corrected chi connectivity index (χ1v) is 7.82. The number of amides is 1. The highest BCUT2D eigenvalue weighted by atomic mass is 19.1. The molecule has 0 saturated heterocycles. The molecule has 3 aromatic rings. The van der Waals surface area contributed by atoms with Gasteiger partial charge in [-0.3, -0.25) is 9.59 Å². The monoisotopic (exact) mass is 355 g/mol. The third kappa shape index (κ3) is 4.00. The molecule has 0 aliphatic heterocycles. The van der Waals surface area contributed by atoms with E-state index in [9.17, 15) is 18.4 Å². The van der Waals surface area contributed by atoms with E-state index in [1.165, 1.54) is 6.07 Å². The van der Waals surface area contributed by atoms with E-state index in [0.717, 1.165) is 34.0 Å². The highest BCUT2D eigenvalue weighted by Crippen LogP contribution is 2.17. The molecule has 1 heterocycles. The molecule has 0 bridgehead atoms. The predicted molar refractivity (Wildman–Crippen MR) is 93.7 cm³/mol. The molecule has 0 saturated carbocycles. The Labute approximate surface area is 147 Å². The molecule has 0 unspecified atom stereocenters. The summed E-state index contributed by atoms with van der Waals surface area (Å²) in [6.45, 7) is 1.53. The minimum absolute atomic E-state index is 0.294. The average Bonchev–Trinajstić information content (AvgIpc) is 2.61. The van der Waals surface area contributed by atoms with Crippen LogP contribution in [-0.2, 0) is 11.3 Å². The second-order valence-electron chi connectivity index (χ2n) is 5.75. The normalized spacial score (nSPS) is 10.6. The summed E-state index contributed by atoms with van der Waals surface area (Å²) in [5.74, 6) is -2.14. The Morgan fingerprint density at radius 1 is 1.08 bits per heavy atom. The number of hydrogen-bond acceptors (Lipinski definition) is 3. The second kappa shape index (κ2) is 7.26. The van der Waals surface area contributed by atoms with Crippen LogP contribution in [-0.4, -0.2) is 15.7 Å². The molecular formula is C19H15F2N3O2. The molecule has 1 aromatic heterocycles. The zero-order chi connectivity index (χ0) is 18.7. The first-order chi connectivity index (χ1) is 12.4. The summed E-state index contributed by atoms with van der Waals surface area (Å²) in [4.78, 5) is 24.0. The summed E-state index contributed by atoms with van der Waals surface area (Å²) in [5.41, 5.74) is 1.63. The number of aryl methyl sites for hydroxylation is 1. The van der Waals surface area contributed by atoms with E-state index in [-0.39, 0.29) is 5.69 Å². The summed E-state index contributed by atoms with van der Waals surface area (Å²) < 4.78 is 27.7. The van der Waals surface area contributed by atoms with Crippen LogP contribution in [0.5, 0.6) is 0 Å². The SMILES string of the molecule is Cc1ccc(-c2ccc(=O)n(CC(=O)Nc3cc(F)ccc3F)n2)cc1. The van der Waals surface area contributed by atoms with E-state index in [4.69, 9.17) is 0 Å². The van der Waals surface area contributed by atoms with Gasteiger partial charge in [-0.05, 0) is 25.1 Å². The molecule has 1 N–H and O–H groups in total. The van der Waals surface area contributed by atoms with Crippen LogP contribution >= 0.6 is 0 Å². The molecule has 0 aliphatic rings. The van der Waals surface area contributed by atoms with E-state index in [1.54, 1.807) is 6.07 Å². The number of aromatic nitrogens is 2. The van der Waals surface area contributed by atoms with Gasteiger partial charge in [0.2, 0.25) is 5.91 Å². The maximum Gasteiger partial charge on any atom is 0.267 e. The van der Waals surface area contributed by atoms with E-state index in [2.05, 4.69) is 10.4 Å². The lowest BCUT2D eigenvalue weighted by atomic mass is 10.1. The number of benzene rings is 2. The minimum Gasteiger partial charge on any atom is -0.322 e. The van der Waals surface area contributed by atoms with Crippen molar-refractivity contribution in [2.75, 3.05) is 5.32 Å². The summed E-state index contributed by atoms with van der Waals surface area (Å²) in [6, 6.07) is 13.1. The molecule has 3 rings (SSSR count). The Morgan fingerprint density at radius 3 is 2.54 bits per heavy atom. The third-order valence-electron chi connectivity index (χ3n) is 3.71. The van der Waals surface area contributed by atoms with E-state index < -0.39 is 29.6 Å². The van der Waals surface area contributed by atoms with Gasteiger partial charge in [0.15, 0.2) is 0 Å². The molecule has 0 atom stereocenters. The summed E-state index contributed by atoms with van der Waals surface area (Å²) >= 11 is 0. The number of anilines is 1. The summed E-state index contributed by atoms with van der Waals surface area (Å²) in [6.07, 6.45) is 0. The van der Waals surface area contributed by atoms with Crippen molar-refractivity contribution in [3.8, 4) is 11.3 Å². The first-order valence-electron chi connectivity index (χ1n) is 7.82. The Balaban J connectivity index is 1.81. The van der Waals surface area contributed by atoms with Crippen molar-refractivity contribution in [2.45, 2.75) is 13.5 Å². The van der Waals surface area contributed by atoms with Crippen LogP contribution in [0.25, 0.3) is 11.3 Å². The molecule has 0 radical (unpaired) electrons. The summed E-state index contributed by atoms with van der Waals surface area (Å²) in [5, 5.41) is 6.41. The standard InChI is InChI=1S/C19H15F2N3O2/c1-12-2-4-13(5-3-12)16-8-9-19(26)24(23-16)11-18(25)22-17-10-14(20)6-7-15(17)21/h2-10H,11H2,1H3,(H,22,25). The zero-order valence-corrected chi connectivity index (χ0v) is 13.9. The quantitative estimate of drug-likeness (QED) is 0.782. The van der Waals surface area contributed by atoms with Gasteiger partial charge in [0, 0.05) is 17.7 Å². The van der Waals surface area contributed by atoms with Crippen molar-refractivity contribution in [3.63, 3.8) is 0 Å². The lowest BCUT2D eigenvalue weighted by molar-refractivity contribution is -0.117. The van der Waals surface area contributed by atoms with Gasteiger partial charge in [-0.2, -0.15) is 5.10 Å². The van der Waals surface area contributed by atoms with Gasteiger partial charge in [0.1, 0.15) is 18.2 Å². The Kier molecular flexibility index (Phi) is 4.88. The van der Waals surface area contributed by atoms with Crippen LogP contribution in [0.15, 0.2) is 59.4 Å². The number of hydrogen-bond donors (Lipinski definition) is 1. The zero-order valence-electron chi connectivity index (χ0n) is 13.9. The van der Waals surface area contributed by atoms with Gasteiger partial charge in [-0.15, -0.1) is 0 Å². The van der Waals surface area contributed by atoms with Gasteiger partial charge in [-0.25, -0.2) is 13.5 Å². The highest BCUT2D eigenvalue weighted by Gasteiger charge is 2.11. The van der Waals surface area contributed by atoms with Gasteiger partial charge >= 0.3 is 0 Å². The van der Waals surface area contributed by atoms with Gasteiger partial charge in [-0.1, -0.05) is 29.8 Å². The molecule has 26 heavy (non-hydrogen) atoms. The molecule has 7 heteroatoms. The van der Waals surface area contributed by atoms with Crippen LogP contribution in [0.3, 0.4) is 0 Å². The van der Waals surface area contributed by atoms with Crippen molar-refractivity contribution in [1.82, 2.24) is 9.78 Å². The largest absolute Gasteiger partial charge is 0.322 e. The lowest BCUT2D eigenvalue weighted by Gasteiger charge is -2.09. The van der Waals surface area contributed by atoms with Crippen molar-refractivity contribution < 1.29 is 13.6 Å². The summed E-state index contributed by atoms with van der Waals surface area (Å²) in [7, 11) is 0. The van der Waals surface area contributed by atoms with Gasteiger partial charge in [0.25, 0.3) is 5.56 Å². The third-order valence-corrected chi connectivity index (χ3v) is 3.71. The number of carbonyl (C=O) groups excluding carboxylic acids is 1. The molecule has 132 valence electrons. The molecule has 0 spiro atoms. The number of rotatable bonds is 4. The maximum absolute atomic E-state index is 13.6. The molecule has 2 aromatic carbocycles. The van der Waals surface area contributed by atoms with Crippen molar-refractivity contribution in [1.29, 1.82) is 0 Å². The Morgan fingerprint density at radius 2 is 1.81 bits per heavy atom. The van der Waals surface area contributed by atoms with Crippen LogP contribution < -0.4 is 10.9 Å². The predicted octanol–water partition coefficient (Wildman–Crippen LogP) is 3.14. The Hall–Kier alpha value is -3.35. The fourth-order valence-corrected chi connectivity index (χ4v) is 2.36. The van der Waals surface area contributed by atoms with E-state index in [1.807, 2.05) is 31.2 Å². The Bertz CT molecular complexity index is 1010. The van der Waals surface area contributed by atoms with E-state index in [0.29, 0.717) is 5.69 Å². The van der Waals surface area contributed by atoms with Crippen LogP contribution in [0, 0.1) is 18.6 Å². The maximum atomic E-state index is 13.6. The number of nitrogens with zero attached hydrogens (tertiary/aromatic N) is 2. The second-order valence-corrected chi connectivity index (χ2v) is 5.75. The fraction of sp³-hybridized carbons (Fsp3) is 0.105. The number of nitrogens with one attached hydrogen (secondary N) is 1. The fourth-order valence-electron chi connectivity index (χ4n) is 2.36. The van der Waals surface area contributed by atoms with Crippen molar-refractivity contribution >= 4 is 11.6 Å². The molecule has 1 amide bonds. The van der Waals surface area contributed by atoms with E-state index >= 15 is 0 Å². The van der Waals surface area contributed by atoms with Crippen LogP contribution in [0.4, 0.5) is 14.5 Å². The van der Waals surface area contributed by atoms with Crippen molar-refractivity contribution in [3.05, 3.63) is 82.1 Å². The number of carbonyl (C=O) groups is 1. The van der Waals surface area contributed by atoms with Crippen LogP contribution in [0.2, 0.25) is 0 Å². The van der Waals surface area contributed by atoms with Crippen LogP contribution in [0.1, 0.15) is 5.56 Å². The molecule has 0 aliphatic carbocycles. The average molecular weight is 355 g/mol. The molecule has 5 nitrogen and oxygen atoms in total. The highest BCUT2D eigenvalue weighted by molar-refractivity contribution is 5.90. The molecule has 0 fully saturated rings. The smallest absolute Gasteiger partial charge is 0.267 e.